The summed E-state index contributed by atoms with van der Waals surface area (Å²) in [5, 5.41) is 5.33. The number of rotatable bonds is 4. The summed E-state index contributed by atoms with van der Waals surface area (Å²) in [4.78, 5) is 26.7. The third-order valence-corrected chi connectivity index (χ3v) is 2.36. The van der Waals surface area contributed by atoms with Crippen LogP contribution in [0.25, 0.3) is 0 Å². The Labute approximate surface area is 109 Å². The van der Waals surface area contributed by atoms with Crippen molar-refractivity contribution in [3.63, 3.8) is 0 Å². The highest BCUT2D eigenvalue weighted by Crippen LogP contribution is 2.10. The van der Waals surface area contributed by atoms with Gasteiger partial charge in [-0.15, -0.1) is 0 Å². The number of amides is 2. The molecule has 0 saturated heterocycles. The SMILES string of the molecule is CC(=O)Nc1cccc(C(=O)NCc2cocn2)c1. The van der Waals surface area contributed by atoms with Gasteiger partial charge in [0, 0.05) is 18.2 Å². The van der Waals surface area contributed by atoms with Crippen molar-refractivity contribution in [1.29, 1.82) is 0 Å². The predicted octanol–water partition coefficient (Wildman–Crippen LogP) is 1.56. The molecule has 2 rings (SSSR count). The molecule has 0 saturated carbocycles. The molecule has 0 unspecified atom stereocenters. The number of hydrogen-bond donors (Lipinski definition) is 2. The van der Waals surface area contributed by atoms with Gasteiger partial charge in [0.1, 0.15) is 6.26 Å². The third-order valence-electron chi connectivity index (χ3n) is 2.36. The topological polar surface area (TPSA) is 84.2 Å². The molecular formula is C13H13N3O3. The Morgan fingerprint density at radius 2 is 2.21 bits per heavy atom. The maximum absolute atomic E-state index is 11.9. The first kappa shape index (κ1) is 12.8. The van der Waals surface area contributed by atoms with Crippen molar-refractivity contribution in [2.75, 3.05) is 5.32 Å². The van der Waals surface area contributed by atoms with Gasteiger partial charge in [-0.05, 0) is 18.2 Å². The summed E-state index contributed by atoms with van der Waals surface area (Å²) in [5.41, 5.74) is 1.70. The highest BCUT2D eigenvalue weighted by Gasteiger charge is 2.07. The Balaban J connectivity index is 2.00. The van der Waals surface area contributed by atoms with Crippen molar-refractivity contribution in [3.05, 3.63) is 48.2 Å². The predicted molar refractivity (Wildman–Crippen MR) is 68.4 cm³/mol. The zero-order valence-corrected chi connectivity index (χ0v) is 10.3. The van der Waals surface area contributed by atoms with Gasteiger partial charge in [-0.1, -0.05) is 6.07 Å². The molecule has 0 aliphatic carbocycles. The van der Waals surface area contributed by atoms with Gasteiger partial charge in [-0.3, -0.25) is 9.59 Å². The van der Waals surface area contributed by atoms with Crippen LogP contribution in [-0.4, -0.2) is 16.8 Å². The van der Waals surface area contributed by atoms with Crippen molar-refractivity contribution in [2.45, 2.75) is 13.5 Å². The molecule has 19 heavy (non-hydrogen) atoms. The van der Waals surface area contributed by atoms with Crippen LogP contribution in [0.3, 0.4) is 0 Å². The van der Waals surface area contributed by atoms with Crippen LogP contribution in [0.1, 0.15) is 23.0 Å². The Morgan fingerprint density at radius 1 is 1.37 bits per heavy atom. The Morgan fingerprint density at radius 3 is 2.89 bits per heavy atom. The number of benzene rings is 1. The van der Waals surface area contributed by atoms with Gasteiger partial charge >= 0.3 is 0 Å². The smallest absolute Gasteiger partial charge is 0.251 e. The summed E-state index contributed by atoms with van der Waals surface area (Å²) in [7, 11) is 0. The summed E-state index contributed by atoms with van der Waals surface area (Å²) in [5.74, 6) is -0.421. The molecule has 1 aromatic carbocycles. The first-order chi connectivity index (χ1) is 9.15. The second kappa shape index (κ2) is 5.81. The van der Waals surface area contributed by atoms with E-state index in [9.17, 15) is 9.59 Å². The van der Waals surface area contributed by atoms with Gasteiger partial charge in [0.05, 0.1) is 12.2 Å². The molecule has 2 aromatic rings. The molecule has 0 atom stereocenters. The van der Waals surface area contributed by atoms with Crippen LogP contribution < -0.4 is 10.6 Å². The van der Waals surface area contributed by atoms with Crippen LogP contribution in [0.2, 0.25) is 0 Å². The van der Waals surface area contributed by atoms with Crippen LogP contribution in [-0.2, 0) is 11.3 Å². The molecule has 0 fully saturated rings. The summed E-state index contributed by atoms with van der Waals surface area (Å²) < 4.78 is 4.81. The highest BCUT2D eigenvalue weighted by molar-refractivity contribution is 5.96. The molecule has 6 nitrogen and oxygen atoms in total. The lowest BCUT2D eigenvalue weighted by Crippen LogP contribution is -2.23. The van der Waals surface area contributed by atoms with Crippen molar-refractivity contribution >= 4 is 17.5 Å². The van der Waals surface area contributed by atoms with Gasteiger partial charge in [0.25, 0.3) is 5.91 Å². The number of oxazole rings is 1. The van der Waals surface area contributed by atoms with Gasteiger partial charge < -0.3 is 15.1 Å². The van der Waals surface area contributed by atoms with E-state index >= 15 is 0 Å². The normalized spacial score (nSPS) is 9.95. The first-order valence-electron chi connectivity index (χ1n) is 5.68. The molecule has 0 radical (unpaired) electrons. The van der Waals surface area contributed by atoms with E-state index in [2.05, 4.69) is 15.6 Å². The molecule has 0 spiro atoms. The number of carbonyl (C=O) groups excluding carboxylic acids is 2. The van der Waals surface area contributed by atoms with Crippen LogP contribution in [0.4, 0.5) is 5.69 Å². The van der Waals surface area contributed by atoms with E-state index in [1.54, 1.807) is 24.3 Å². The molecule has 0 aliphatic heterocycles. The minimum atomic E-state index is -0.241. The summed E-state index contributed by atoms with van der Waals surface area (Å²) in [6, 6.07) is 6.70. The van der Waals surface area contributed by atoms with Gasteiger partial charge in [0.15, 0.2) is 6.39 Å². The van der Waals surface area contributed by atoms with E-state index in [4.69, 9.17) is 4.42 Å². The second-order valence-corrected chi connectivity index (χ2v) is 3.92. The number of nitrogens with one attached hydrogen (secondary N) is 2. The standard InChI is InChI=1S/C13H13N3O3/c1-9(17)16-11-4-2-3-10(5-11)13(18)14-6-12-7-19-8-15-12/h2-5,7-8H,6H2,1H3,(H,14,18)(H,16,17). The molecular weight excluding hydrogens is 246 g/mol. The maximum atomic E-state index is 11.9. The van der Waals surface area contributed by atoms with Gasteiger partial charge in [0.2, 0.25) is 5.91 Å². The summed E-state index contributed by atoms with van der Waals surface area (Å²) in [6.45, 7) is 1.71. The van der Waals surface area contributed by atoms with E-state index in [1.165, 1.54) is 19.6 Å². The monoisotopic (exact) mass is 259 g/mol. The van der Waals surface area contributed by atoms with Crippen LogP contribution >= 0.6 is 0 Å². The Hall–Kier alpha value is -2.63. The summed E-state index contributed by atoms with van der Waals surface area (Å²) in [6.07, 6.45) is 2.77. The van der Waals surface area contributed by atoms with Crippen molar-refractivity contribution in [2.24, 2.45) is 0 Å². The molecule has 2 N–H and O–H groups in total. The fourth-order valence-electron chi connectivity index (χ4n) is 1.54. The van der Waals surface area contributed by atoms with Crippen LogP contribution in [0.15, 0.2) is 41.3 Å². The number of carbonyl (C=O) groups is 2. The van der Waals surface area contributed by atoms with Crippen molar-refractivity contribution in [1.82, 2.24) is 10.3 Å². The van der Waals surface area contributed by atoms with E-state index in [1.807, 2.05) is 0 Å². The number of nitrogens with zero attached hydrogens (tertiary/aromatic N) is 1. The Bertz CT molecular complexity index is 579. The fourth-order valence-corrected chi connectivity index (χ4v) is 1.54. The van der Waals surface area contributed by atoms with E-state index in [-0.39, 0.29) is 11.8 Å². The van der Waals surface area contributed by atoms with E-state index < -0.39 is 0 Å². The molecule has 1 heterocycles. The van der Waals surface area contributed by atoms with E-state index in [0.29, 0.717) is 23.5 Å². The fraction of sp³-hybridized carbons (Fsp3) is 0.154. The second-order valence-electron chi connectivity index (χ2n) is 3.92. The molecule has 0 aliphatic rings. The molecule has 98 valence electrons. The number of aromatic nitrogens is 1. The zero-order chi connectivity index (χ0) is 13.7. The van der Waals surface area contributed by atoms with Crippen molar-refractivity contribution < 1.29 is 14.0 Å². The summed E-state index contributed by atoms with van der Waals surface area (Å²) >= 11 is 0. The largest absolute Gasteiger partial charge is 0.451 e. The molecule has 2 amide bonds. The average molecular weight is 259 g/mol. The molecule has 1 aromatic heterocycles. The highest BCUT2D eigenvalue weighted by atomic mass is 16.3. The minimum Gasteiger partial charge on any atom is -0.451 e. The lowest BCUT2D eigenvalue weighted by molar-refractivity contribution is -0.114. The van der Waals surface area contributed by atoms with E-state index in [0.717, 1.165) is 0 Å². The van der Waals surface area contributed by atoms with Crippen LogP contribution in [0, 0.1) is 0 Å². The van der Waals surface area contributed by atoms with Gasteiger partial charge in [-0.25, -0.2) is 4.98 Å². The molecule has 0 bridgehead atoms. The lowest BCUT2D eigenvalue weighted by atomic mass is 10.2. The number of hydrogen-bond acceptors (Lipinski definition) is 4. The lowest BCUT2D eigenvalue weighted by Gasteiger charge is -2.06. The maximum Gasteiger partial charge on any atom is 0.251 e. The molecule has 6 heteroatoms. The Kier molecular flexibility index (Phi) is 3.92. The quantitative estimate of drug-likeness (QED) is 0.872. The van der Waals surface area contributed by atoms with Crippen molar-refractivity contribution in [3.8, 4) is 0 Å². The average Bonchev–Trinajstić information content (AvgIpc) is 2.88. The van der Waals surface area contributed by atoms with Crippen LogP contribution in [0.5, 0.6) is 0 Å². The third kappa shape index (κ3) is 3.67. The minimum absolute atomic E-state index is 0.180. The van der Waals surface area contributed by atoms with Gasteiger partial charge in [-0.2, -0.15) is 0 Å². The number of anilines is 1. The first-order valence-corrected chi connectivity index (χ1v) is 5.68. The zero-order valence-electron chi connectivity index (χ0n) is 10.3.